The molecule has 0 aliphatic carbocycles. The minimum atomic E-state index is 0.693. The van der Waals surface area contributed by atoms with Gasteiger partial charge in [-0.25, -0.2) is 0 Å². The Hall–Kier alpha value is -2.53. The lowest BCUT2D eigenvalue weighted by molar-refractivity contribution is 1.30. The van der Waals surface area contributed by atoms with E-state index in [1.165, 1.54) is 11.1 Å². The zero-order chi connectivity index (χ0) is 12.5. The number of H-pyrrole nitrogens is 1. The molecule has 18 heavy (non-hydrogen) atoms. The summed E-state index contributed by atoms with van der Waals surface area (Å²) in [7, 11) is 0. The van der Waals surface area contributed by atoms with E-state index in [1.807, 2.05) is 36.4 Å². The molecule has 3 rings (SSSR count). The number of nitriles is 1. The van der Waals surface area contributed by atoms with Crippen molar-refractivity contribution in [3.63, 3.8) is 0 Å². The van der Waals surface area contributed by atoms with Crippen LogP contribution in [-0.4, -0.2) is 4.98 Å². The number of rotatable bonds is 1. The van der Waals surface area contributed by atoms with Crippen molar-refractivity contribution in [2.45, 2.75) is 6.92 Å². The summed E-state index contributed by atoms with van der Waals surface area (Å²) >= 11 is 0. The number of hydrogen-bond acceptors (Lipinski definition) is 1. The zero-order valence-electron chi connectivity index (χ0n) is 10.1. The van der Waals surface area contributed by atoms with Crippen molar-refractivity contribution in [2.24, 2.45) is 0 Å². The maximum atomic E-state index is 9.01. The van der Waals surface area contributed by atoms with Gasteiger partial charge in [-0.1, -0.05) is 30.3 Å². The highest BCUT2D eigenvalue weighted by Gasteiger charge is 2.10. The number of nitrogens with one attached hydrogen (secondary N) is 1. The normalized spacial score (nSPS) is 10.4. The Balaban J connectivity index is 2.35. The number of aromatic nitrogens is 1. The Morgan fingerprint density at radius 1 is 1.06 bits per heavy atom. The third kappa shape index (κ3) is 1.57. The zero-order valence-corrected chi connectivity index (χ0v) is 10.1. The summed E-state index contributed by atoms with van der Waals surface area (Å²) in [5.74, 6) is 0. The summed E-state index contributed by atoms with van der Waals surface area (Å²) < 4.78 is 0. The van der Waals surface area contributed by atoms with Gasteiger partial charge in [0, 0.05) is 22.2 Å². The van der Waals surface area contributed by atoms with Gasteiger partial charge in [0.15, 0.2) is 0 Å². The summed E-state index contributed by atoms with van der Waals surface area (Å²) in [6.07, 6.45) is 0. The predicted octanol–water partition coefficient (Wildman–Crippen LogP) is 4.02. The van der Waals surface area contributed by atoms with Crippen LogP contribution in [0.3, 0.4) is 0 Å². The molecule has 2 aromatic carbocycles. The molecule has 0 fully saturated rings. The molecule has 0 aliphatic heterocycles. The molecule has 0 spiro atoms. The molecule has 1 N–H and O–H groups in total. The Kier molecular flexibility index (Phi) is 2.39. The summed E-state index contributed by atoms with van der Waals surface area (Å²) in [4.78, 5) is 3.37. The highest BCUT2D eigenvalue weighted by molar-refractivity contribution is 5.98. The van der Waals surface area contributed by atoms with Crippen LogP contribution in [-0.2, 0) is 0 Å². The molecule has 0 atom stereocenters. The monoisotopic (exact) mass is 232 g/mol. The summed E-state index contributed by atoms with van der Waals surface area (Å²) in [5.41, 5.74) is 5.26. The molecule has 1 heterocycles. The number of fused-ring (bicyclic) bond motifs is 1. The fraction of sp³-hybridized carbons (Fsp3) is 0.0625. The van der Waals surface area contributed by atoms with Crippen LogP contribution in [0.1, 0.15) is 11.3 Å². The maximum absolute atomic E-state index is 9.01. The van der Waals surface area contributed by atoms with Crippen LogP contribution in [0.2, 0.25) is 0 Å². The topological polar surface area (TPSA) is 39.6 Å². The minimum Gasteiger partial charge on any atom is -0.358 e. The van der Waals surface area contributed by atoms with Gasteiger partial charge in [0.25, 0.3) is 0 Å². The van der Waals surface area contributed by atoms with Crippen molar-refractivity contribution in [3.8, 4) is 17.2 Å². The first-order valence-electron chi connectivity index (χ1n) is 5.87. The van der Waals surface area contributed by atoms with E-state index < -0.39 is 0 Å². The van der Waals surface area contributed by atoms with E-state index in [1.54, 1.807) is 0 Å². The van der Waals surface area contributed by atoms with Crippen molar-refractivity contribution >= 4 is 10.9 Å². The third-order valence-electron chi connectivity index (χ3n) is 3.18. The van der Waals surface area contributed by atoms with E-state index in [0.717, 1.165) is 16.6 Å². The number of benzene rings is 2. The summed E-state index contributed by atoms with van der Waals surface area (Å²) in [6.45, 7) is 2.06. The quantitative estimate of drug-likeness (QED) is 0.676. The smallest absolute Gasteiger partial charge is 0.0991 e. The lowest BCUT2D eigenvalue weighted by Gasteiger charge is -2.01. The van der Waals surface area contributed by atoms with Gasteiger partial charge in [0.2, 0.25) is 0 Å². The van der Waals surface area contributed by atoms with Crippen LogP contribution in [0, 0.1) is 18.3 Å². The lowest BCUT2D eigenvalue weighted by atomic mass is 10.0. The SMILES string of the molecule is Cc1[nH]c2ccc(C#N)cc2c1-c1ccccc1. The molecule has 0 saturated heterocycles. The van der Waals surface area contributed by atoms with Crippen molar-refractivity contribution in [1.29, 1.82) is 5.26 Å². The van der Waals surface area contributed by atoms with Gasteiger partial charge in [0.05, 0.1) is 11.6 Å². The minimum absolute atomic E-state index is 0.693. The fourth-order valence-corrected chi connectivity index (χ4v) is 2.37. The second-order valence-electron chi connectivity index (χ2n) is 4.36. The molecule has 0 saturated carbocycles. The van der Waals surface area contributed by atoms with Crippen molar-refractivity contribution in [3.05, 3.63) is 59.8 Å². The van der Waals surface area contributed by atoms with Crippen LogP contribution in [0.25, 0.3) is 22.0 Å². The second kappa shape index (κ2) is 4.05. The summed E-state index contributed by atoms with van der Waals surface area (Å²) in [5, 5.41) is 10.1. The Bertz CT molecular complexity index is 746. The molecular weight excluding hydrogens is 220 g/mol. The average Bonchev–Trinajstić information content (AvgIpc) is 2.74. The molecule has 0 radical (unpaired) electrons. The van der Waals surface area contributed by atoms with E-state index in [0.29, 0.717) is 5.56 Å². The average molecular weight is 232 g/mol. The second-order valence-corrected chi connectivity index (χ2v) is 4.36. The maximum Gasteiger partial charge on any atom is 0.0991 e. The predicted molar refractivity (Wildman–Crippen MR) is 73.2 cm³/mol. The number of aryl methyl sites for hydroxylation is 1. The van der Waals surface area contributed by atoms with Gasteiger partial charge in [-0.3, -0.25) is 0 Å². The Morgan fingerprint density at radius 2 is 1.83 bits per heavy atom. The first-order chi connectivity index (χ1) is 8.79. The molecule has 2 nitrogen and oxygen atoms in total. The Labute approximate surface area is 106 Å². The van der Waals surface area contributed by atoms with Gasteiger partial charge in [-0.15, -0.1) is 0 Å². The first kappa shape index (κ1) is 10.6. The number of hydrogen-bond donors (Lipinski definition) is 1. The molecule has 2 heteroatoms. The van der Waals surface area contributed by atoms with E-state index in [-0.39, 0.29) is 0 Å². The van der Waals surface area contributed by atoms with Crippen LogP contribution in [0.15, 0.2) is 48.5 Å². The van der Waals surface area contributed by atoms with Crippen molar-refractivity contribution in [1.82, 2.24) is 4.98 Å². The number of nitrogens with zero attached hydrogens (tertiary/aromatic N) is 1. The summed E-state index contributed by atoms with van der Waals surface area (Å²) in [6, 6.07) is 18.2. The van der Waals surface area contributed by atoms with Gasteiger partial charge >= 0.3 is 0 Å². The Morgan fingerprint density at radius 3 is 2.56 bits per heavy atom. The van der Waals surface area contributed by atoms with Crippen LogP contribution >= 0.6 is 0 Å². The van der Waals surface area contributed by atoms with Crippen molar-refractivity contribution in [2.75, 3.05) is 0 Å². The van der Waals surface area contributed by atoms with Crippen LogP contribution < -0.4 is 0 Å². The molecule has 0 amide bonds. The van der Waals surface area contributed by atoms with Crippen LogP contribution in [0.4, 0.5) is 0 Å². The largest absolute Gasteiger partial charge is 0.358 e. The molecule has 0 bridgehead atoms. The van der Waals surface area contributed by atoms with Gasteiger partial charge < -0.3 is 4.98 Å². The first-order valence-corrected chi connectivity index (χ1v) is 5.87. The van der Waals surface area contributed by atoms with E-state index in [9.17, 15) is 0 Å². The third-order valence-corrected chi connectivity index (χ3v) is 3.18. The van der Waals surface area contributed by atoms with Crippen molar-refractivity contribution < 1.29 is 0 Å². The highest BCUT2D eigenvalue weighted by atomic mass is 14.7. The van der Waals surface area contributed by atoms with Gasteiger partial charge in [0.1, 0.15) is 0 Å². The van der Waals surface area contributed by atoms with E-state index >= 15 is 0 Å². The van der Waals surface area contributed by atoms with Crippen LogP contribution in [0.5, 0.6) is 0 Å². The molecular formula is C16H12N2. The number of aromatic amines is 1. The molecule has 1 aromatic heterocycles. The standard InChI is InChI=1S/C16H12N2/c1-11-16(13-5-3-2-4-6-13)14-9-12(10-17)7-8-15(14)18-11/h2-9,18H,1H3. The molecule has 0 aliphatic rings. The molecule has 3 aromatic rings. The van der Waals surface area contributed by atoms with Gasteiger partial charge in [-0.05, 0) is 30.7 Å². The highest BCUT2D eigenvalue weighted by Crippen LogP contribution is 2.32. The van der Waals surface area contributed by atoms with E-state index in [4.69, 9.17) is 5.26 Å². The fourth-order valence-electron chi connectivity index (χ4n) is 2.37. The lowest BCUT2D eigenvalue weighted by Crippen LogP contribution is -1.79. The molecule has 86 valence electrons. The van der Waals surface area contributed by atoms with E-state index in [2.05, 4.69) is 30.1 Å². The molecule has 0 unspecified atom stereocenters. The van der Waals surface area contributed by atoms with Gasteiger partial charge in [-0.2, -0.15) is 5.26 Å².